The number of amides is 2. The molecule has 7 nitrogen and oxygen atoms in total. The van der Waals surface area contributed by atoms with Crippen LogP contribution in [0.5, 0.6) is 0 Å². The van der Waals surface area contributed by atoms with E-state index in [1.165, 1.54) is 4.90 Å². The molecule has 2 aromatic rings. The fraction of sp³-hybridized carbons (Fsp3) is 0.250. The summed E-state index contributed by atoms with van der Waals surface area (Å²) in [5.41, 5.74) is 0.639. The maximum atomic E-state index is 12.4. The van der Waals surface area contributed by atoms with Crippen molar-refractivity contribution < 1.29 is 9.59 Å². The van der Waals surface area contributed by atoms with Crippen LogP contribution in [-0.2, 0) is 9.59 Å². The van der Waals surface area contributed by atoms with E-state index in [2.05, 4.69) is 15.3 Å². The van der Waals surface area contributed by atoms with Crippen molar-refractivity contribution in [3.8, 4) is 0 Å². The maximum Gasteiger partial charge on any atom is 0.347 e. The molecule has 3 rings (SSSR count). The second kappa shape index (κ2) is 6.45. The van der Waals surface area contributed by atoms with Gasteiger partial charge in [-0.15, -0.1) is 0 Å². The maximum absolute atomic E-state index is 12.4. The number of nitrogens with one attached hydrogen (secondary N) is 2. The lowest BCUT2D eigenvalue weighted by Crippen LogP contribution is -2.29. The topological polar surface area (TPSA) is 95.2 Å². The van der Waals surface area contributed by atoms with Crippen LogP contribution in [0.3, 0.4) is 0 Å². The molecule has 8 heteroatoms. The summed E-state index contributed by atoms with van der Waals surface area (Å²) in [7, 11) is 0. The monoisotopic (exact) mass is 346 g/mol. The number of benzene rings is 1. The average Bonchev–Trinajstić information content (AvgIpc) is 2.88. The Labute approximate surface area is 142 Å². The van der Waals surface area contributed by atoms with Gasteiger partial charge in [-0.1, -0.05) is 23.7 Å². The number of para-hydroxylation sites is 1. The lowest BCUT2D eigenvalue weighted by Gasteiger charge is -2.17. The number of carbonyl (C=O) groups excluding carboxylic acids is 2. The zero-order valence-corrected chi connectivity index (χ0v) is 13.6. The Morgan fingerprint density at radius 2 is 2.12 bits per heavy atom. The molecule has 124 valence electrons. The molecule has 0 bridgehead atoms. The Kier molecular flexibility index (Phi) is 4.35. The molecule has 1 aliphatic rings. The van der Waals surface area contributed by atoms with Gasteiger partial charge in [0, 0.05) is 24.7 Å². The van der Waals surface area contributed by atoms with Crippen LogP contribution >= 0.6 is 11.6 Å². The molecule has 0 radical (unpaired) electrons. The summed E-state index contributed by atoms with van der Waals surface area (Å²) in [6, 6.07) is 8.55. The molecule has 1 aromatic heterocycles. The van der Waals surface area contributed by atoms with Crippen LogP contribution in [0, 0.1) is 12.8 Å². The van der Waals surface area contributed by atoms with Crippen molar-refractivity contribution in [1.82, 2.24) is 9.97 Å². The minimum absolute atomic E-state index is 0.0826. The highest BCUT2D eigenvalue weighted by atomic mass is 35.5. The van der Waals surface area contributed by atoms with E-state index in [1.807, 2.05) is 0 Å². The first-order chi connectivity index (χ1) is 11.4. The van der Waals surface area contributed by atoms with Gasteiger partial charge in [0.05, 0.1) is 16.6 Å². The van der Waals surface area contributed by atoms with Gasteiger partial charge in [-0.25, -0.2) is 4.79 Å². The van der Waals surface area contributed by atoms with Crippen molar-refractivity contribution in [3.63, 3.8) is 0 Å². The van der Waals surface area contributed by atoms with E-state index in [4.69, 9.17) is 11.6 Å². The van der Waals surface area contributed by atoms with Crippen molar-refractivity contribution in [2.45, 2.75) is 13.3 Å². The molecule has 1 aliphatic heterocycles. The van der Waals surface area contributed by atoms with Gasteiger partial charge < -0.3 is 15.2 Å². The van der Waals surface area contributed by atoms with Gasteiger partial charge in [-0.05, 0) is 19.1 Å². The van der Waals surface area contributed by atoms with Crippen molar-refractivity contribution >= 4 is 34.9 Å². The zero-order chi connectivity index (χ0) is 17.3. The Balaban J connectivity index is 1.74. The Bertz CT molecular complexity index is 864. The summed E-state index contributed by atoms with van der Waals surface area (Å²) >= 11 is 6.12. The van der Waals surface area contributed by atoms with Gasteiger partial charge in [0.1, 0.15) is 5.82 Å². The van der Waals surface area contributed by atoms with Gasteiger partial charge in [-0.3, -0.25) is 9.59 Å². The van der Waals surface area contributed by atoms with Gasteiger partial charge in [0.25, 0.3) is 0 Å². The van der Waals surface area contributed by atoms with E-state index in [1.54, 1.807) is 37.3 Å². The van der Waals surface area contributed by atoms with Crippen LogP contribution < -0.4 is 15.9 Å². The largest absolute Gasteiger partial charge is 0.347 e. The van der Waals surface area contributed by atoms with Crippen molar-refractivity contribution in [2.24, 2.45) is 5.92 Å². The predicted molar refractivity (Wildman–Crippen MR) is 90.1 cm³/mol. The number of aromatic nitrogens is 2. The number of carbonyl (C=O) groups is 2. The molecule has 1 unspecified atom stereocenters. The number of halogens is 1. The third-order valence-electron chi connectivity index (χ3n) is 3.77. The molecule has 0 aliphatic carbocycles. The molecule has 24 heavy (non-hydrogen) atoms. The number of hydrogen-bond donors (Lipinski definition) is 2. The van der Waals surface area contributed by atoms with E-state index in [9.17, 15) is 14.4 Å². The van der Waals surface area contributed by atoms with Crippen LogP contribution in [0.1, 0.15) is 12.1 Å². The molecule has 1 fully saturated rings. The standard InChI is InChI=1S/C16H15ClN4O3/c1-9-6-13(20-16(24)18-9)19-15(23)10-7-14(22)21(8-10)12-5-3-2-4-11(12)17/h2-6,10H,7-8H2,1H3,(H2,18,19,20,23,24). The molecular weight excluding hydrogens is 332 g/mol. The Morgan fingerprint density at radius 3 is 2.83 bits per heavy atom. The minimum Gasteiger partial charge on any atom is -0.310 e. The number of rotatable bonds is 3. The SMILES string of the molecule is Cc1cc(NC(=O)C2CC(=O)N(c3ccccc3Cl)C2)nc(=O)[nH]1. The fourth-order valence-corrected chi connectivity index (χ4v) is 2.90. The Hall–Kier alpha value is -2.67. The van der Waals surface area contributed by atoms with E-state index < -0.39 is 11.6 Å². The first-order valence-electron chi connectivity index (χ1n) is 7.38. The predicted octanol–water partition coefficient (Wildman–Crippen LogP) is 1.72. The lowest BCUT2D eigenvalue weighted by atomic mass is 10.1. The minimum atomic E-state index is -0.537. The summed E-state index contributed by atoms with van der Waals surface area (Å²) < 4.78 is 0. The molecule has 2 heterocycles. The first kappa shape index (κ1) is 16.2. The van der Waals surface area contributed by atoms with Crippen LogP contribution in [0.2, 0.25) is 5.02 Å². The molecule has 0 saturated carbocycles. The molecule has 2 N–H and O–H groups in total. The summed E-state index contributed by atoms with van der Waals surface area (Å²) in [6.07, 6.45) is 0.0826. The number of hydrogen-bond acceptors (Lipinski definition) is 4. The number of aryl methyl sites for hydroxylation is 1. The second-order valence-corrected chi connectivity index (χ2v) is 6.01. The van der Waals surface area contributed by atoms with E-state index in [-0.39, 0.29) is 30.6 Å². The van der Waals surface area contributed by atoms with E-state index in [0.29, 0.717) is 16.4 Å². The smallest absolute Gasteiger partial charge is 0.310 e. The highest BCUT2D eigenvalue weighted by Gasteiger charge is 2.36. The molecule has 1 aromatic carbocycles. The van der Waals surface area contributed by atoms with Crippen molar-refractivity contribution in [2.75, 3.05) is 16.8 Å². The third kappa shape index (κ3) is 3.30. The highest BCUT2D eigenvalue weighted by Crippen LogP contribution is 2.31. The summed E-state index contributed by atoms with van der Waals surface area (Å²) in [4.78, 5) is 43.6. The van der Waals surface area contributed by atoms with Crippen LogP contribution in [0.15, 0.2) is 35.1 Å². The first-order valence-corrected chi connectivity index (χ1v) is 7.75. The molecule has 1 atom stereocenters. The highest BCUT2D eigenvalue weighted by molar-refractivity contribution is 6.33. The van der Waals surface area contributed by atoms with E-state index in [0.717, 1.165) is 0 Å². The van der Waals surface area contributed by atoms with Gasteiger partial charge in [-0.2, -0.15) is 4.98 Å². The van der Waals surface area contributed by atoms with Crippen LogP contribution in [0.25, 0.3) is 0 Å². The number of anilines is 2. The normalized spacial score (nSPS) is 17.2. The molecule has 2 amide bonds. The van der Waals surface area contributed by atoms with Crippen LogP contribution in [-0.4, -0.2) is 28.3 Å². The quantitative estimate of drug-likeness (QED) is 0.884. The lowest BCUT2D eigenvalue weighted by molar-refractivity contribution is -0.122. The van der Waals surface area contributed by atoms with Gasteiger partial charge in [0.2, 0.25) is 11.8 Å². The third-order valence-corrected chi connectivity index (χ3v) is 4.09. The molecular formula is C16H15ClN4O3. The number of H-pyrrole nitrogens is 1. The summed E-state index contributed by atoms with van der Waals surface area (Å²) in [5.74, 6) is -0.881. The summed E-state index contributed by atoms with van der Waals surface area (Å²) in [6.45, 7) is 1.92. The Morgan fingerprint density at radius 1 is 1.38 bits per heavy atom. The summed E-state index contributed by atoms with van der Waals surface area (Å²) in [5, 5.41) is 3.05. The number of nitrogens with zero attached hydrogens (tertiary/aromatic N) is 2. The number of aromatic amines is 1. The van der Waals surface area contributed by atoms with Gasteiger partial charge in [0.15, 0.2) is 0 Å². The molecule has 0 spiro atoms. The van der Waals surface area contributed by atoms with Gasteiger partial charge >= 0.3 is 5.69 Å². The fourth-order valence-electron chi connectivity index (χ4n) is 2.66. The second-order valence-electron chi connectivity index (χ2n) is 5.60. The van der Waals surface area contributed by atoms with Crippen LogP contribution in [0.4, 0.5) is 11.5 Å². The molecule has 1 saturated heterocycles. The van der Waals surface area contributed by atoms with E-state index >= 15 is 0 Å². The van der Waals surface area contributed by atoms with Crippen molar-refractivity contribution in [1.29, 1.82) is 0 Å². The van der Waals surface area contributed by atoms with Crippen molar-refractivity contribution in [3.05, 3.63) is 51.5 Å². The zero-order valence-electron chi connectivity index (χ0n) is 12.9. The average molecular weight is 347 g/mol.